The highest BCUT2D eigenvalue weighted by Crippen LogP contribution is 2.19. The number of methoxy groups -OCH3 is 1. The first-order valence-corrected chi connectivity index (χ1v) is 8.09. The predicted octanol–water partition coefficient (Wildman–Crippen LogP) is 3.39. The molecule has 0 saturated heterocycles. The van der Waals surface area contributed by atoms with Crippen molar-refractivity contribution in [2.24, 2.45) is 0 Å². The Morgan fingerprint density at radius 3 is 2.19 bits per heavy atom. The molecule has 26 heavy (non-hydrogen) atoms. The zero-order valence-corrected chi connectivity index (χ0v) is 15.2. The standard InChI is InChI=1S/C20H21NO5/c1-12-5-6-16(20(24)25-4)11-18(12)21-19(23)14(3)26-17-9-7-15(8-10-17)13(2)22/h5-11,14H,1-4H3,(H,21,23). The first-order valence-electron chi connectivity index (χ1n) is 8.09. The van der Waals surface area contributed by atoms with Crippen LogP contribution in [0.1, 0.15) is 40.1 Å². The number of nitrogens with one attached hydrogen (secondary N) is 1. The van der Waals surface area contributed by atoms with Gasteiger partial charge in [0, 0.05) is 11.3 Å². The van der Waals surface area contributed by atoms with Crippen LogP contribution in [0.25, 0.3) is 0 Å². The summed E-state index contributed by atoms with van der Waals surface area (Å²) < 4.78 is 10.3. The maximum Gasteiger partial charge on any atom is 0.337 e. The Balaban J connectivity index is 2.07. The molecule has 0 bridgehead atoms. The molecular formula is C20H21NO5. The van der Waals surface area contributed by atoms with Gasteiger partial charge in [-0.25, -0.2) is 4.79 Å². The van der Waals surface area contributed by atoms with Crippen LogP contribution in [0, 0.1) is 6.92 Å². The molecule has 6 nitrogen and oxygen atoms in total. The molecule has 1 unspecified atom stereocenters. The highest BCUT2D eigenvalue weighted by Gasteiger charge is 2.17. The van der Waals surface area contributed by atoms with Gasteiger partial charge in [0.05, 0.1) is 12.7 Å². The third-order valence-electron chi connectivity index (χ3n) is 3.86. The van der Waals surface area contributed by atoms with Gasteiger partial charge in [-0.3, -0.25) is 9.59 Å². The number of hydrogen-bond acceptors (Lipinski definition) is 5. The average molecular weight is 355 g/mol. The number of ether oxygens (including phenoxy) is 2. The van der Waals surface area contributed by atoms with Gasteiger partial charge in [-0.2, -0.15) is 0 Å². The Bertz CT molecular complexity index is 827. The number of esters is 1. The molecular weight excluding hydrogens is 334 g/mol. The number of rotatable bonds is 6. The summed E-state index contributed by atoms with van der Waals surface area (Å²) in [6.07, 6.45) is -0.764. The number of Topliss-reactive ketones (excluding diaryl/α,β-unsaturated/α-hetero) is 1. The smallest absolute Gasteiger partial charge is 0.337 e. The number of ketones is 1. The van der Waals surface area contributed by atoms with Crippen molar-refractivity contribution in [3.8, 4) is 5.75 Å². The molecule has 0 saturated carbocycles. The average Bonchev–Trinajstić information content (AvgIpc) is 2.63. The van der Waals surface area contributed by atoms with Crippen LogP contribution in [-0.4, -0.2) is 30.9 Å². The summed E-state index contributed by atoms with van der Waals surface area (Å²) in [4.78, 5) is 35.3. The van der Waals surface area contributed by atoms with E-state index in [1.165, 1.54) is 14.0 Å². The first-order chi connectivity index (χ1) is 12.3. The van der Waals surface area contributed by atoms with E-state index in [1.54, 1.807) is 49.4 Å². The summed E-state index contributed by atoms with van der Waals surface area (Å²) in [6, 6.07) is 11.5. The van der Waals surface area contributed by atoms with Crippen molar-refractivity contribution in [2.45, 2.75) is 26.9 Å². The van der Waals surface area contributed by atoms with E-state index in [1.807, 2.05) is 6.92 Å². The third kappa shape index (κ3) is 4.69. The molecule has 0 aliphatic heterocycles. The van der Waals surface area contributed by atoms with Crippen LogP contribution in [0.15, 0.2) is 42.5 Å². The lowest BCUT2D eigenvalue weighted by molar-refractivity contribution is -0.122. The minimum atomic E-state index is -0.764. The van der Waals surface area contributed by atoms with Crippen LogP contribution >= 0.6 is 0 Å². The van der Waals surface area contributed by atoms with Gasteiger partial charge in [0.25, 0.3) is 5.91 Å². The molecule has 0 radical (unpaired) electrons. The number of hydrogen-bond donors (Lipinski definition) is 1. The van der Waals surface area contributed by atoms with E-state index in [-0.39, 0.29) is 11.7 Å². The van der Waals surface area contributed by atoms with Gasteiger partial charge < -0.3 is 14.8 Å². The molecule has 0 aliphatic rings. The van der Waals surface area contributed by atoms with E-state index in [0.717, 1.165) is 5.56 Å². The molecule has 2 rings (SSSR count). The second-order valence-corrected chi connectivity index (χ2v) is 5.85. The van der Waals surface area contributed by atoms with E-state index in [0.29, 0.717) is 22.6 Å². The van der Waals surface area contributed by atoms with Crippen LogP contribution in [0.2, 0.25) is 0 Å². The number of benzene rings is 2. The van der Waals surface area contributed by atoms with Crippen molar-refractivity contribution in [3.63, 3.8) is 0 Å². The molecule has 1 N–H and O–H groups in total. The fourth-order valence-electron chi connectivity index (χ4n) is 2.26. The maximum absolute atomic E-state index is 12.4. The van der Waals surface area contributed by atoms with Gasteiger partial charge >= 0.3 is 5.97 Å². The van der Waals surface area contributed by atoms with Crippen molar-refractivity contribution in [1.29, 1.82) is 0 Å². The summed E-state index contributed by atoms with van der Waals surface area (Å²) in [6.45, 7) is 4.92. The highest BCUT2D eigenvalue weighted by atomic mass is 16.5. The van der Waals surface area contributed by atoms with Gasteiger partial charge in [0.1, 0.15) is 5.75 Å². The summed E-state index contributed by atoms with van der Waals surface area (Å²) in [7, 11) is 1.30. The van der Waals surface area contributed by atoms with Crippen LogP contribution in [-0.2, 0) is 9.53 Å². The summed E-state index contributed by atoms with van der Waals surface area (Å²) >= 11 is 0. The van der Waals surface area contributed by atoms with Crippen LogP contribution in [0.4, 0.5) is 5.69 Å². The zero-order chi connectivity index (χ0) is 19.3. The number of carbonyl (C=O) groups excluding carboxylic acids is 3. The number of aryl methyl sites for hydroxylation is 1. The molecule has 0 fully saturated rings. The predicted molar refractivity (Wildman–Crippen MR) is 97.7 cm³/mol. The lowest BCUT2D eigenvalue weighted by Gasteiger charge is -2.16. The van der Waals surface area contributed by atoms with E-state index in [9.17, 15) is 14.4 Å². The van der Waals surface area contributed by atoms with Crippen molar-refractivity contribution >= 4 is 23.3 Å². The molecule has 1 amide bonds. The third-order valence-corrected chi connectivity index (χ3v) is 3.86. The second-order valence-electron chi connectivity index (χ2n) is 5.85. The molecule has 0 aliphatic carbocycles. The Hall–Kier alpha value is -3.15. The lowest BCUT2D eigenvalue weighted by atomic mass is 10.1. The summed E-state index contributed by atoms with van der Waals surface area (Å²) in [5.41, 5.74) is 2.25. The fraction of sp³-hybridized carbons (Fsp3) is 0.250. The Morgan fingerprint density at radius 1 is 1.00 bits per heavy atom. The fourth-order valence-corrected chi connectivity index (χ4v) is 2.26. The second kappa shape index (κ2) is 8.29. The minimum Gasteiger partial charge on any atom is -0.481 e. The quantitative estimate of drug-likeness (QED) is 0.634. The number of amides is 1. The van der Waals surface area contributed by atoms with Crippen molar-refractivity contribution < 1.29 is 23.9 Å². The summed E-state index contributed by atoms with van der Waals surface area (Å²) in [5, 5.41) is 2.75. The highest BCUT2D eigenvalue weighted by molar-refractivity contribution is 5.97. The maximum atomic E-state index is 12.4. The van der Waals surface area contributed by atoms with E-state index in [4.69, 9.17) is 4.74 Å². The Labute approximate surface area is 152 Å². The molecule has 136 valence electrons. The monoisotopic (exact) mass is 355 g/mol. The molecule has 2 aromatic carbocycles. The van der Waals surface area contributed by atoms with Crippen LogP contribution in [0.5, 0.6) is 5.75 Å². The first kappa shape index (κ1) is 19.2. The topological polar surface area (TPSA) is 81.7 Å². The normalized spacial score (nSPS) is 11.4. The zero-order valence-electron chi connectivity index (χ0n) is 15.2. The van der Waals surface area contributed by atoms with E-state index < -0.39 is 12.1 Å². The van der Waals surface area contributed by atoms with Gasteiger partial charge in [0.15, 0.2) is 11.9 Å². The molecule has 2 aromatic rings. The van der Waals surface area contributed by atoms with Gasteiger partial charge in [-0.15, -0.1) is 0 Å². The molecule has 0 spiro atoms. The van der Waals surface area contributed by atoms with Gasteiger partial charge in [0.2, 0.25) is 0 Å². The van der Waals surface area contributed by atoms with Crippen LogP contribution in [0.3, 0.4) is 0 Å². The van der Waals surface area contributed by atoms with Crippen molar-refractivity contribution in [3.05, 3.63) is 59.2 Å². The largest absolute Gasteiger partial charge is 0.481 e. The SMILES string of the molecule is COC(=O)c1ccc(C)c(NC(=O)C(C)Oc2ccc(C(C)=O)cc2)c1. The lowest BCUT2D eigenvalue weighted by Crippen LogP contribution is -2.30. The molecule has 1 atom stereocenters. The van der Waals surface area contributed by atoms with Crippen molar-refractivity contribution in [2.75, 3.05) is 12.4 Å². The minimum absolute atomic E-state index is 0.0386. The number of anilines is 1. The Morgan fingerprint density at radius 2 is 1.62 bits per heavy atom. The molecule has 0 aromatic heterocycles. The van der Waals surface area contributed by atoms with Gasteiger partial charge in [-0.05, 0) is 62.7 Å². The van der Waals surface area contributed by atoms with E-state index in [2.05, 4.69) is 10.1 Å². The van der Waals surface area contributed by atoms with E-state index >= 15 is 0 Å². The van der Waals surface area contributed by atoms with Gasteiger partial charge in [-0.1, -0.05) is 6.07 Å². The molecule has 0 heterocycles. The summed E-state index contributed by atoms with van der Waals surface area (Å²) in [5.74, 6) is -0.387. The van der Waals surface area contributed by atoms with Crippen molar-refractivity contribution in [1.82, 2.24) is 0 Å². The Kier molecular flexibility index (Phi) is 6.11. The number of carbonyl (C=O) groups is 3. The molecule has 6 heteroatoms. The van der Waals surface area contributed by atoms with Crippen LogP contribution < -0.4 is 10.1 Å².